The van der Waals surface area contributed by atoms with Crippen molar-refractivity contribution in [2.24, 2.45) is 0 Å². The highest BCUT2D eigenvalue weighted by molar-refractivity contribution is 9.10. The van der Waals surface area contributed by atoms with Crippen molar-refractivity contribution in [2.75, 3.05) is 23.3 Å². The first-order valence-corrected chi connectivity index (χ1v) is 13.9. The van der Waals surface area contributed by atoms with Gasteiger partial charge in [-0.3, -0.25) is 0 Å². The van der Waals surface area contributed by atoms with E-state index >= 15 is 0 Å². The first-order valence-electron chi connectivity index (χ1n) is 11.6. The molecule has 12 heteroatoms. The average molecular weight is 572 g/mol. The number of fused-ring (bicyclic) bond motifs is 1. The highest BCUT2D eigenvalue weighted by atomic mass is 79.9. The molecule has 36 heavy (non-hydrogen) atoms. The van der Waals surface area contributed by atoms with Crippen molar-refractivity contribution in [2.45, 2.75) is 44.3 Å². The average Bonchev–Trinajstić information content (AvgIpc) is 3.20. The summed E-state index contributed by atoms with van der Waals surface area (Å²) in [6, 6.07) is 9.39. The molecule has 1 aliphatic rings. The lowest BCUT2D eigenvalue weighted by Gasteiger charge is -2.36. The van der Waals surface area contributed by atoms with Crippen LogP contribution in [-0.4, -0.2) is 57.5 Å². The summed E-state index contributed by atoms with van der Waals surface area (Å²) in [6.07, 6.45) is 4.61. The van der Waals surface area contributed by atoms with E-state index in [0.717, 1.165) is 24.5 Å². The van der Waals surface area contributed by atoms with Crippen LogP contribution < -0.4 is 15.5 Å². The second-order valence-corrected chi connectivity index (χ2v) is 11.7. The number of rotatable bonds is 6. The second-order valence-electron chi connectivity index (χ2n) is 9.07. The van der Waals surface area contributed by atoms with Gasteiger partial charge in [0, 0.05) is 42.0 Å². The first-order chi connectivity index (χ1) is 17.2. The van der Waals surface area contributed by atoms with Gasteiger partial charge in [-0.1, -0.05) is 17.7 Å². The number of hydrogen-bond donors (Lipinski definition) is 2. The third-order valence-corrected chi connectivity index (χ3v) is 8.33. The molecule has 5 rings (SSSR count). The van der Waals surface area contributed by atoms with Crippen LogP contribution in [0.15, 0.2) is 58.4 Å². The normalized spacial score (nSPS) is 18.5. The van der Waals surface area contributed by atoms with Crippen molar-refractivity contribution >= 4 is 48.6 Å². The van der Waals surface area contributed by atoms with Crippen molar-refractivity contribution in [3.8, 4) is 0 Å². The summed E-state index contributed by atoms with van der Waals surface area (Å²) >= 11 is 3.50. The summed E-state index contributed by atoms with van der Waals surface area (Å²) < 4.78 is 28.4. The van der Waals surface area contributed by atoms with Gasteiger partial charge in [-0.05, 0) is 54.9 Å². The number of nitrogens with zero attached hydrogens (tertiary/aromatic N) is 6. The van der Waals surface area contributed by atoms with Crippen LogP contribution in [0.3, 0.4) is 0 Å². The van der Waals surface area contributed by atoms with E-state index in [1.807, 2.05) is 13.0 Å². The molecule has 0 saturated carbocycles. The van der Waals surface area contributed by atoms with Crippen LogP contribution in [0.25, 0.3) is 11.0 Å². The Labute approximate surface area is 218 Å². The Morgan fingerprint density at radius 3 is 2.53 bits per heavy atom. The molecule has 0 aliphatic carbocycles. The van der Waals surface area contributed by atoms with Crippen molar-refractivity contribution < 1.29 is 8.42 Å². The third-order valence-electron chi connectivity index (χ3n) is 6.07. The minimum Gasteiger partial charge on any atom is -0.362 e. The molecule has 10 nitrogen and oxygen atoms in total. The van der Waals surface area contributed by atoms with Gasteiger partial charge >= 0.3 is 0 Å². The lowest BCUT2D eigenvalue weighted by molar-refractivity contribution is 0.405. The van der Waals surface area contributed by atoms with Gasteiger partial charge in [0.2, 0.25) is 0 Å². The van der Waals surface area contributed by atoms with Gasteiger partial charge in [0.05, 0.1) is 16.8 Å². The number of hydrogen-bond acceptors (Lipinski definition) is 9. The lowest BCUT2D eigenvalue weighted by atomic mass is 10.1. The fourth-order valence-electron chi connectivity index (χ4n) is 4.46. The van der Waals surface area contributed by atoms with Crippen molar-refractivity contribution in [1.82, 2.24) is 29.2 Å². The largest absolute Gasteiger partial charge is 0.362 e. The zero-order chi connectivity index (χ0) is 25.4. The van der Waals surface area contributed by atoms with E-state index < -0.39 is 10.0 Å². The molecule has 1 fully saturated rings. The third kappa shape index (κ3) is 4.80. The van der Waals surface area contributed by atoms with E-state index in [9.17, 15) is 8.42 Å². The Bertz CT molecular complexity index is 1500. The summed E-state index contributed by atoms with van der Waals surface area (Å²) in [5.74, 6) is 1.98. The Morgan fingerprint density at radius 2 is 1.81 bits per heavy atom. The van der Waals surface area contributed by atoms with Crippen molar-refractivity contribution in [3.05, 3.63) is 64.9 Å². The van der Waals surface area contributed by atoms with Gasteiger partial charge in [0.15, 0.2) is 5.65 Å². The van der Waals surface area contributed by atoms with Gasteiger partial charge in [0.1, 0.15) is 23.8 Å². The number of piperazine rings is 1. The highest BCUT2D eigenvalue weighted by Gasteiger charge is 2.24. The van der Waals surface area contributed by atoms with E-state index in [2.05, 4.69) is 60.3 Å². The predicted molar refractivity (Wildman–Crippen MR) is 143 cm³/mol. The maximum Gasteiger partial charge on any atom is 0.269 e. The number of benzene rings is 1. The molecule has 1 aromatic carbocycles. The molecular weight excluding hydrogens is 544 g/mol. The lowest BCUT2D eigenvalue weighted by Crippen LogP contribution is -2.54. The van der Waals surface area contributed by atoms with Gasteiger partial charge in [0.25, 0.3) is 10.0 Å². The topological polar surface area (TPSA) is 118 Å². The van der Waals surface area contributed by atoms with Gasteiger partial charge in [-0.25, -0.2) is 32.3 Å². The number of anilines is 2. The summed E-state index contributed by atoms with van der Waals surface area (Å²) in [6.45, 7) is 8.30. The molecule has 2 N–H and O–H groups in total. The van der Waals surface area contributed by atoms with Crippen molar-refractivity contribution in [3.63, 3.8) is 0 Å². The monoisotopic (exact) mass is 570 g/mol. The van der Waals surface area contributed by atoms with E-state index in [1.165, 1.54) is 16.5 Å². The fourth-order valence-corrected chi connectivity index (χ4v) is 6.48. The molecule has 0 radical (unpaired) electrons. The maximum absolute atomic E-state index is 13.3. The first kappa shape index (κ1) is 24.6. The van der Waals surface area contributed by atoms with Crippen LogP contribution in [0.5, 0.6) is 0 Å². The minimum absolute atomic E-state index is 0.187. The Kier molecular flexibility index (Phi) is 6.66. The zero-order valence-corrected chi connectivity index (χ0v) is 22.6. The number of nitrogens with one attached hydrogen (secondary N) is 2. The molecule has 0 amide bonds. The molecule has 2 atom stereocenters. The fraction of sp³-hybridized carbons (Fsp3) is 0.333. The van der Waals surface area contributed by atoms with E-state index in [1.54, 1.807) is 30.5 Å². The summed E-state index contributed by atoms with van der Waals surface area (Å²) in [4.78, 5) is 20.2. The molecule has 0 spiro atoms. The Hall–Kier alpha value is -3.09. The van der Waals surface area contributed by atoms with Crippen LogP contribution in [0.1, 0.15) is 25.2 Å². The molecule has 0 unspecified atom stereocenters. The summed E-state index contributed by atoms with van der Waals surface area (Å²) in [5.41, 5.74) is 1.26. The van der Waals surface area contributed by atoms with Crippen molar-refractivity contribution in [1.29, 1.82) is 0 Å². The van der Waals surface area contributed by atoms with Crippen LogP contribution in [0, 0.1) is 6.92 Å². The number of halogens is 1. The molecule has 188 valence electrons. The number of aryl methyl sites for hydroxylation is 1. The van der Waals surface area contributed by atoms with Gasteiger partial charge < -0.3 is 15.5 Å². The number of aromatic nitrogens is 5. The van der Waals surface area contributed by atoms with Crippen LogP contribution in [0.4, 0.5) is 11.6 Å². The molecule has 1 saturated heterocycles. The standard InChI is InChI=1S/C24H27BrN8O2S/c1-15-4-6-18(7-5-15)36(34,35)33-13-19(25)22-23(28-14-29-24(22)33)27-10-20-26-9-8-21(31-20)32-11-16(2)30-17(3)12-32/h4-9,13-14,16-17,30H,10-12H2,1-3H3,(H,27,28,29)/t16-,17+. The van der Waals surface area contributed by atoms with Crippen LogP contribution >= 0.6 is 15.9 Å². The highest BCUT2D eigenvalue weighted by Crippen LogP contribution is 2.32. The Balaban J connectivity index is 1.42. The zero-order valence-electron chi connectivity index (χ0n) is 20.2. The quantitative estimate of drug-likeness (QED) is 0.359. The van der Waals surface area contributed by atoms with E-state index in [4.69, 9.17) is 4.98 Å². The Morgan fingerprint density at radius 1 is 1.08 bits per heavy atom. The molecule has 1 aliphatic heterocycles. The molecule has 0 bridgehead atoms. The van der Waals surface area contributed by atoms with Gasteiger partial charge in [-0.2, -0.15) is 0 Å². The molecular formula is C24H27BrN8O2S. The summed E-state index contributed by atoms with van der Waals surface area (Å²) in [5, 5.41) is 7.35. The van der Waals surface area contributed by atoms with Crippen LogP contribution in [0.2, 0.25) is 0 Å². The summed E-state index contributed by atoms with van der Waals surface area (Å²) in [7, 11) is -3.84. The SMILES string of the molecule is Cc1ccc(S(=O)(=O)n2cc(Br)c3c(NCc4nccc(N5C[C@@H](C)N[C@@H](C)C5)n4)ncnc32)cc1. The van der Waals surface area contributed by atoms with E-state index in [0.29, 0.717) is 40.1 Å². The van der Waals surface area contributed by atoms with Crippen LogP contribution in [-0.2, 0) is 16.6 Å². The smallest absolute Gasteiger partial charge is 0.269 e. The van der Waals surface area contributed by atoms with E-state index in [-0.39, 0.29) is 10.5 Å². The minimum atomic E-state index is -3.84. The molecule has 4 aromatic rings. The molecule has 4 heterocycles. The molecule has 3 aromatic heterocycles. The second kappa shape index (κ2) is 9.75. The maximum atomic E-state index is 13.3. The predicted octanol–water partition coefficient (Wildman–Crippen LogP) is 3.33. The van der Waals surface area contributed by atoms with Gasteiger partial charge in [-0.15, -0.1) is 0 Å².